The van der Waals surface area contributed by atoms with Gasteiger partial charge >= 0.3 is 5.97 Å². The SMILES string of the molecule is CC(OC(=O)COc1ccccc1Cc1ccccc1)C(=O)Nc1cccnc1Cl. The van der Waals surface area contributed by atoms with Gasteiger partial charge in [-0.2, -0.15) is 0 Å². The monoisotopic (exact) mass is 424 g/mol. The molecule has 1 aromatic heterocycles. The number of hydrogen-bond donors (Lipinski definition) is 1. The maximum atomic E-state index is 12.2. The molecule has 0 saturated carbocycles. The predicted octanol–water partition coefficient (Wildman–Crippen LogP) is 4.28. The second-order valence-electron chi connectivity index (χ2n) is 6.52. The van der Waals surface area contributed by atoms with Crippen molar-refractivity contribution in [3.05, 3.63) is 89.2 Å². The van der Waals surface area contributed by atoms with Gasteiger partial charge in [0.15, 0.2) is 17.9 Å². The fourth-order valence-corrected chi connectivity index (χ4v) is 2.91. The van der Waals surface area contributed by atoms with Gasteiger partial charge in [0.25, 0.3) is 5.91 Å². The first kappa shape index (κ1) is 21.3. The molecule has 3 aromatic rings. The van der Waals surface area contributed by atoms with E-state index in [1.807, 2.05) is 48.5 Å². The standard InChI is InChI=1S/C23H21ClN2O4/c1-16(23(28)26-19-11-7-13-25-22(19)24)30-21(27)15-29-20-12-6-5-10-18(20)14-17-8-3-2-4-9-17/h2-13,16H,14-15H2,1H3,(H,26,28). The van der Waals surface area contributed by atoms with Crippen LogP contribution in [0.4, 0.5) is 5.69 Å². The molecule has 0 aliphatic rings. The van der Waals surface area contributed by atoms with Crippen LogP contribution < -0.4 is 10.1 Å². The number of halogens is 1. The average molecular weight is 425 g/mol. The van der Waals surface area contributed by atoms with Crippen LogP contribution in [0.15, 0.2) is 72.9 Å². The first-order valence-corrected chi connectivity index (χ1v) is 9.76. The normalized spacial score (nSPS) is 11.4. The summed E-state index contributed by atoms with van der Waals surface area (Å²) in [4.78, 5) is 28.2. The number of hydrogen-bond acceptors (Lipinski definition) is 5. The molecule has 0 aliphatic heterocycles. The van der Waals surface area contributed by atoms with E-state index in [1.165, 1.54) is 13.1 Å². The van der Waals surface area contributed by atoms with Crippen LogP contribution in [-0.4, -0.2) is 29.6 Å². The molecule has 1 amide bonds. The molecule has 7 heteroatoms. The fourth-order valence-electron chi connectivity index (χ4n) is 2.74. The van der Waals surface area contributed by atoms with Crippen LogP contribution in [-0.2, 0) is 20.7 Å². The molecular formula is C23H21ClN2O4. The summed E-state index contributed by atoms with van der Waals surface area (Å²) in [7, 11) is 0. The van der Waals surface area contributed by atoms with Crippen LogP contribution >= 0.6 is 11.6 Å². The van der Waals surface area contributed by atoms with Crippen molar-refractivity contribution in [2.75, 3.05) is 11.9 Å². The Balaban J connectivity index is 1.53. The third-order valence-corrected chi connectivity index (χ3v) is 4.55. The van der Waals surface area contributed by atoms with E-state index in [1.54, 1.807) is 18.2 Å². The number of pyridine rings is 1. The van der Waals surface area contributed by atoms with E-state index in [0.29, 0.717) is 17.9 Å². The summed E-state index contributed by atoms with van der Waals surface area (Å²) < 4.78 is 10.8. The highest BCUT2D eigenvalue weighted by Gasteiger charge is 2.19. The highest BCUT2D eigenvalue weighted by molar-refractivity contribution is 6.32. The van der Waals surface area contributed by atoms with Crippen molar-refractivity contribution in [2.24, 2.45) is 0 Å². The average Bonchev–Trinajstić information content (AvgIpc) is 2.75. The number of carbonyl (C=O) groups excluding carboxylic acids is 2. The van der Waals surface area contributed by atoms with E-state index in [2.05, 4.69) is 10.3 Å². The summed E-state index contributed by atoms with van der Waals surface area (Å²) >= 11 is 5.92. The minimum atomic E-state index is -1.02. The molecule has 1 N–H and O–H groups in total. The van der Waals surface area contributed by atoms with Crippen LogP contribution in [0.5, 0.6) is 5.75 Å². The van der Waals surface area contributed by atoms with E-state index < -0.39 is 18.0 Å². The molecular weight excluding hydrogens is 404 g/mol. The molecule has 6 nitrogen and oxygen atoms in total. The number of para-hydroxylation sites is 1. The van der Waals surface area contributed by atoms with Crippen molar-refractivity contribution in [3.63, 3.8) is 0 Å². The minimum absolute atomic E-state index is 0.155. The summed E-state index contributed by atoms with van der Waals surface area (Å²) in [5.41, 5.74) is 2.43. The zero-order valence-corrected chi connectivity index (χ0v) is 17.1. The first-order valence-electron chi connectivity index (χ1n) is 9.38. The van der Waals surface area contributed by atoms with Crippen LogP contribution in [0.2, 0.25) is 5.15 Å². The van der Waals surface area contributed by atoms with Crippen molar-refractivity contribution in [1.82, 2.24) is 4.98 Å². The number of nitrogens with zero attached hydrogens (tertiary/aromatic N) is 1. The van der Waals surface area contributed by atoms with E-state index in [4.69, 9.17) is 21.1 Å². The fraction of sp³-hybridized carbons (Fsp3) is 0.174. The van der Waals surface area contributed by atoms with E-state index in [9.17, 15) is 9.59 Å². The lowest BCUT2D eigenvalue weighted by Gasteiger charge is -2.15. The van der Waals surface area contributed by atoms with Gasteiger partial charge in [0.1, 0.15) is 5.75 Å². The number of nitrogens with one attached hydrogen (secondary N) is 1. The molecule has 0 spiro atoms. The highest BCUT2D eigenvalue weighted by atomic mass is 35.5. The molecule has 30 heavy (non-hydrogen) atoms. The van der Waals surface area contributed by atoms with Crippen LogP contribution in [0, 0.1) is 0 Å². The molecule has 2 aromatic carbocycles. The lowest BCUT2D eigenvalue weighted by molar-refractivity contribution is -0.155. The van der Waals surface area contributed by atoms with Crippen molar-refractivity contribution in [1.29, 1.82) is 0 Å². The van der Waals surface area contributed by atoms with Crippen LogP contribution in [0.1, 0.15) is 18.1 Å². The molecule has 0 radical (unpaired) electrons. The molecule has 0 aliphatic carbocycles. The summed E-state index contributed by atoms with van der Waals surface area (Å²) in [6.45, 7) is 1.16. The summed E-state index contributed by atoms with van der Waals surface area (Å²) in [5.74, 6) is -0.565. The van der Waals surface area contributed by atoms with Crippen molar-refractivity contribution >= 4 is 29.2 Å². The summed E-state index contributed by atoms with van der Waals surface area (Å²) in [6.07, 6.45) is 1.17. The number of aromatic nitrogens is 1. The molecule has 1 atom stereocenters. The Morgan fingerprint density at radius 3 is 2.53 bits per heavy atom. The smallest absolute Gasteiger partial charge is 0.344 e. The zero-order valence-electron chi connectivity index (χ0n) is 16.4. The van der Waals surface area contributed by atoms with Gasteiger partial charge in [0.2, 0.25) is 0 Å². The molecule has 154 valence electrons. The number of esters is 1. The van der Waals surface area contributed by atoms with Gasteiger partial charge in [0, 0.05) is 12.6 Å². The summed E-state index contributed by atoms with van der Waals surface area (Å²) in [6, 6.07) is 20.7. The molecule has 1 heterocycles. The first-order chi connectivity index (χ1) is 14.5. The molecule has 3 rings (SSSR count). The summed E-state index contributed by atoms with van der Waals surface area (Å²) in [5, 5.41) is 2.73. The molecule has 0 saturated heterocycles. The predicted molar refractivity (Wildman–Crippen MR) is 115 cm³/mol. The van der Waals surface area contributed by atoms with Crippen molar-refractivity contribution < 1.29 is 19.1 Å². The minimum Gasteiger partial charge on any atom is -0.482 e. The van der Waals surface area contributed by atoms with Crippen LogP contribution in [0.3, 0.4) is 0 Å². The van der Waals surface area contributed by atoms with E-state index >= 15 is 0 Å². The van der Waals surface area contributed by atoms with Gasteiger partial charge in [-0.05, 0) is 36.2 Å². The molecule has 0 fully saturated rings. The number of amides is 1. The van der Waals surface area contributed by atoms with E-state index in [-0.39, 0.29) is 11.8 Å². The number of ether oxygens (including phenoxy) is 2. The number of carbonyl (C=O) groups is 2. The maximum absolute atomic E-state index is 12.2. The third kappa shape index (κ3) is 6.06. The number of benzene rings is 2. The van der Waals surface area contributed by atoms with Gasteiger partial charge in [0.05, 0.1) is 5.69 Å². The van der Waals surface area contributed by atoms with Crippen LogP contribution in [0.25, 0.3) is 0 Å². The maximum Gasteiger partial charge on any atom is 0.344 e. The van der Waals surface area contributed by atoms with Gasteiger partial charge in [-0.15, -0.1) is 0 Å². The number of anilines is 1. The van der Waals surface area contributed by atoms with Gasteiger partial charge in [-0.3, -0.25) is 4.79 Å². The zero-order chi connectivity index (χ0) is 21.3. The third-order valence-electron chi connectivity index (χ3n) is 4.25. The van der Waals surface area contributed by atoms with E-state index in [0.717, 1.165) is 11.1 Å². The lowest BCUT2D eigenvalue weighted by Crippen LogP contribution is -2.31. The Hall–Kier alpha value is -3.38. The Morgan fingerprint density at radius 2 is 1.77 bits per heavy atom. The Labute approximate surface area is 179 Å². The highest BCUT2D eigenvalue weighted by Crippen LogP contribution is 2.22. The van der Waals surface area contributed by atoms with Gasteiger partial charge < -0.3 is 14.8 Å². The van der Waals surface area contributed by atoms with Crippen molar-refractivity contribution in [2.45, 2.75) is 19.4 Å². The lowest BCUT2D eigenvalue weighted by atomic mass is 10.0. The Bertz CT molecular complexity index is 1010. The second-order valence-corrected chi connectivity index (χ2v) is 6.88. The van der Waals surface area contributed by atoms with Gasteiger partial charge in [-0.25, -0.2) is 9.78 Å². The number of rotatable bonds is 8. The quantitative estimate of drug-likeness (QED) is 0.431. The van der Waals surface area contributed by atoms with Gasteiger partial charge in [-0.1, -0.05) is 60.1 Å². The molecule has 1 unspecified atom stereocenters. The second kappa shape index (κ2) is 10.4. The Morgan fingerprint density at radius 1 is 1.03 bits per heavy atom. The Kier molecular flexibility index (Phi) is 7.40. The topological polar surface area (TPSA) is 77.5 Å². The molecule has 0 bridgehead atoms. The largest absolute Gasteiger partial charge is 0.482 e. The van der Waals surface area contributed by atoms with Crippen molar-refractivity contribution in [3.8, 4) is 5.75 Å².